The Morgan fingerprint density at radius 2 is 2.06 bits per heavy atom. The molecule has 4 N–H and O–H groups in total. The maximum Gasteiger partial charge on any atom is 0.140 e. The second-order valence-corrected chi connectivity index (χ2v) is 4.03. The summed E-state index contributed by atoms with van der Waals surface area (Å²) in [6.45, 7) is 10.7. The number of hydrogen-bond donors (Lipinski definition) is 3. The van der Waals surface area contributed by atoms with Crippen LogP contribution in [0.1, 0.15) is 33.6 Å². The Balaban J connectivity index is 3.51. The fourth-order valence-electron chi connectivity index (χ4n) is 1.62. The van der Waals surface area contributed by atoms with Gasteiger partial charge in [0, 0.05) is 12.5 Å². The molecule has 0 aliphatic carbocycles. The van der Waals surface area contributed by atoms with Crippen molar-refractivity contribution in [2.45, 2.75) is 39.7 Å². The van der Waals surface area contributed by atoms with Crippen LogP contribution >= 0.6 is 0 Å². The van der Waals surface area contributed by atoms with Gasteiger partial charge in [0.05, 0.1) is 0 Å². The number of amidine groups is 1. The quantitative estimate of drug-likeness (QED) is 0.180. The molecular weight excluding hydrogens is 204 g/mol. The van der Waals surface area contributed by atoms with E-state index in [-0.39, 0.29) is 11.9 Å². The molecule has 0 aliphatic rings. The van der Waals surface area contributed by atoms with Crippen LogP contribution in [-0.2, 0) is 0 Å². The second kappa shape index (κ2) is 9.42. The van der Waals surface area contributed by atoms with Crippen molar-refractivity contribution < 1.29 is 5.21 Å². The molecule has 1 unspecified atom stereocenters. The van der Waals surface area contributed by atoms with Crippen LogP contribution in [-0.4, -0.2) is 48.2 Å². The van der Waals surface area contributed by atoms with Crippen LogP contribution < -0.4 is 11.1 Å². The van der Waals surface area contributed by atoms with E-state index in [1.54, 1.807) is 0 Å². The summed E-state index contributed by atoms with van der Waals surface area (Å²) in [6, 6.07) is 0.257. The van der Waals surface area contributed by atoms with Crippen LogP contribution in [0.3, 0.4) is 0 Å². The zero-order valence-electron chi connectivity index (χ0n) is 10.7. The van der Waals surface area contributed by atoms with Gasteiger partial charge in [0.25, 0.3) is 0 Å². The van der Waals surface area contributed by atoms with Crippen molar-refractivity contribution in [2.75, 3.05) is 26.2 Å². The zero-order valence-corrected chi connectivity index (χ0v) is 10.7. The van der Waals surface area contributed by atoms with Gasteiger partial charge in [-0.05, 0) is 39.5 Å². The summed E-state index contributed by atoms with van der Waals surface area (Å²) in [4.78, 5) is 2.40. The molecule has 5 nitrogen and oxygen atoms in total. The summed E-state index contributed by atoms with van der Waals surface area (Å²) < 4.78 is 0. The maximum atomic E-state index is 8.42. The molecule has 0 spiro atoms. The number of hydrogen-bond acceptors (Lipinski definition) is 4. The zero-order chi connectivity index (χ0) is 12.4. The molecule has 0 heterocycles. The van der Waals surface area contributed by atoms with Crippen molar-refractivity contribution in [2.24, 2.45) is 10.9 Å². The molecular formula is C11H26N4O. The number of oxime groups is 1. The Labute approximate surface area is 98.7 Å². The molecule has 0 fully saturated rings. The van der Waals surface area contributed by atoms with E-state index in [1.807, 2.05) is 6.92 Å². The van der Waals surface area contributed by atoms with Gasteiger partial charge < -0.3 is 21.2 Å². The molecule has 0 saturated carbocycles. The summed E-state index contributed by atoms with van der Waals surface area (Å²) in [5, 5.41) is 14.7. The molecule has 0 aromatic carbocycles. The van der Waals surface area contributed by atoms with Crippen LogP contribution in [0.4, 0.5) is 0 Å². The molecule has 0 amide bonds. The SMILES string of the molecule is CCN(CC)CCCNC(C)CC(N)=NO. The summed E-state index contributed by atoms with van der Waals surface area (Å²) in [5.74, 6) is 0.281. The third-order valence-electron chi connectivity index (χ3n) is 2.68. The molecule has 0 aromatic heterocycles. The lowest BCUT2D eigenvalue weighted by Gasteiger charge is -2.19. The predicted octanol–water partition coefficient (Wildman–Crippen LogP) is 0.833. The van der Waals surface area contributed by atoms with Crippen LogP contribution in [0.15, 0.2) is 5.16 Å². The first-order chi connectivity index (χ1) is 7.63. The van der Waals surface area contributed by atoms with Crippen molar-refractivity contribution in [3.63, 3.8) is 0 Å². The first-order valence-electron chi connectivity index (χ1n) is 6.06. The topological polar surface area (TPSA) is 73.9 Å². The van der Waals surface area contributed by atoms with Crippen LogP contribution in [0, 0.1) is 0 Å². The molecule has 0 radical (unpaired) electrons. The van der Waals surface area contributed by atoms with Crippen LogP contribution in [0.25, 0.3) is 0 Å². The monoisotopic (exact) mass is 230 g/mol. The summed E-state index contributed by atoms with van der Waals surface area (Å²) in [5.41, 5.74) is 5.42. The first-order valence-corrected chi connectivity index (χ1v) is 6.06. The number of nitrogens with two attached hydrogens (primary N) is 1. The van der Waals surface area contributed by atoms with Crippen molar-refractivity contribution in [1.82, 2.24) is 10.2 Å². The van der Waals surface area contributed by atoms with Gasteiger partial charge in [-0.3, -0.25) is 0 Å². The molecule has 0 rings (SSSR count). The van der Waals surface area contributed by atoms with Gasteiger partial charge >= 0.3 is 0 Å². The Morgan fingerprint density at radius 1 is 1.44 bits per heavy atom. The molecule has 0 saturated heterocycles. The van der Waals surface area contributed by atoms with E-state index in [2.05, 4.69) is 29.2 Å². The predicted molar refractivity (Wildman–Crippen MR) is 67.9 cm³/mol. The Bertz CT molecular complexity index is 192. The average Bonchev–Trinajstić information content (AvgIpc) is 2.29. The molecule has 96 valence electrons. The lowest BCUT2D eigenvalue weighted by atomic mass is 10.2. The number of nitrogens with zero attached hydrogens (tertiary/aromatic N) is 2. The van der Waals surface area contributed by atoms with E-state index in [4.69, 9.17) is 10.9 Å². The molecule has 0 bridgehead atoms. The van der Waals surface area contributed by atoms with E-state index in [9.17, 15) is 0 Å². The minimum Gasteiger partial charge on any atom is -0.409 e. The lowest BCUT2D eigenvalue weighted by Crippen LogP contribution is -2.33. The highest BCUT2D eigenvalue weighted by Crippen LogP contribution is 1.93. The fraction of sp³-hybridized carbons (Fsp3) is 0.909. The van der Waals surface area contributed by atoms with Gasteiger partial charge in [-0.1, -0.05) is 19.0 Å². The van der Waals surface area contributed by atoms with Crippen molar-refractivity contribution >= 4 is 5.84 Å². The molecule has 16 heavy (non-hydrogen) atoms. The van der Waals surface area contributed by atoms with Gasteiger partial charge in [-0.2, -0.15) is 0 Å². The third kappa shape index (κ3) is 7.48. The Kier molecular flexibility index (Phi) is 8.94. The molecule has 5 heteroatoms. The highest BCUT2D eigenvalue weighted by Gasteiger charge is 2.04. The maximum absolute atomic E-state index is 8.42. The average molecular weight is 230 g/mol. The van der Waals surface area contributed by atoms with E-state index in [0.29, 0.717) is 6.42 Å². The largest absolute Gasteiger partial charge is 0.409 e. The lowest BCUT2D eigenvalue weighted by molar-refractivity contribution is 0.296. The van der Waals surface area contributed by atoms with Crippen molar-refractivity contribution in [1.29, 1.82) is 0 Å². The molecule has 0 aromatic rings. The van der Waals surface area contributed by atoms with Gasteiger partial charge in [-0.25, -0.2) is 0 Å². The summed E-state index contributed by atoms with van der Waals surface area (Å²) in [6.07, 6.45) is 1.71. The van der Waals surface area contributed by atoms with E-state index >= 15 is 0 Å². The first kappa shape index (κ1) is 15.2. The number of rotatable bonds is 9. The Hall–Kier alpha value is -0.810. The van der Waals surface area contributed by atoms with Crippen molar-refractivity contribution in [3.05, 3.63) is 0 Å². The minimum absolute atomic E-state index is 0.257. The van der Waals surface area contributed by atoms with E-state index in [1.165, 1.54) is 0 Å². The van der Waals surface area contributed by atoms with Gasteiger partial charge in [0.2, 0.25) is 0 Å². The standard InChI is InChI=1S/C11H26N4O/c1-4-15(5-2)8-6-7-13-10(3)9-11(12)14-16/h10,13,16H,4-9H2,1-3H3,(H2,12,14). The van der Waals surface area contributed by atoms with Crippen LogP contribution in [0.2, 0.25) is 0 Å². The molecule has 1 atom stereocenters. The van der Waals surface area contributed by atoms with Gasteiger partial charge in [-0.15, -0.1) is 0 Å². The minimum atomic E-state index is 0.257. The van der Waals surface area contributed by atoms with Crippen molar-refractivity contribution in [3.8, 4) is 0 Å². The summed E-state index contributed by atoms with van der Waals surface area (Å²) >= 11 is 0. The number of nitrogens with one attached hydrogen (secondary N) is 1. The fourth-order valence-corrected chi connectivity index (χ4v) is 1.62. The normalized spacial score (nSPS) is 14.4. The summed E-state index contributed by atoms with van der Waals surface area (Å²) in [7, 11) is 0. The van der Waals surface area contributed by atoms with Gasteiger partial charge in [0.1, 0.15) is 5.84 Å². The van der Waals surface area contributed by atoms with E-state index in [0.717, 1.165) is 32.6 Å². The molecule has 0 aliphatic heterocycles. The van der Waals surface area contributed by atoms with Gasteiger partial charge in [0.15, 0.2) is 0 Å². The smallest absolute Gasteiger partial charge is 0.140 e. The highest BCUT2D eigenvalue weighted by molar-refractivity contribution is 5.80. The second-order valence-electron chi connectivity index (χ2n) is 4.03. The highest BCUT2D eigenvalue weighted by atomic mass is 16.4. The van der Waals surface area contributed by atoms with Crippen LogP contribution in [0.5, 0.6) is 0 Å². The van der Waals surface area contributed by atoms with E-state index < -0.39 is 0 Å². The third-order valence-corrected chi connectivity index (χ3v) is 2.68. The Morgan fingerprint density at radius 3 is 2.56 bits per heavy atom.